The lowest BCUT2D eigenvalue weighted by atomic mass is 10.1. The fourth-order valence-corrected chi connectivity index (χ4v) is 5.41. The molecular formula is C19H24N4O3S. The molecule has 1 aromatic carbocycles. The van der Waals surface area contributed by atoms with E-state index in [4.69, 9.17) is 0 Å². The zero-order valence-corrected chi connectivity index (χ0v) is 16.0. The lowest BCUT2D eigenvalue weighted by Gasteiger charge is -2.40. The van der Waals surface area contributed by atoms with Crippen LogP contribution in [0.5, 0.6) is 0 Å². The van der Waals surface area contributed by atoms with Crippen LogP contribution in [0.2, 0.25) is 0 Å². The van der Waals surface area contributed by atoms with Gasteiger partial charge in [0.25, 0.3) is 15.8 Å². The van der Waals surface area contributed by atoms with Crippen LogP contribution < -0.4 is 5.56 Å². The first-order valence-electron chi connectivity index (χ1n) is 9.46. The molecule has 2 fully saturated rings. The Labute approximate surface area is 159 Å². The smallest absolute Gasteiger partial charge is 0.268 e. The minimum atomic E-state index is -3.44. The second-order valence-corrected chi connectivity index (χ2v) is 9.09. The van der Waals surface area contributed by atoms with E-state index in [9.17, 15) is 13.2 Å². The molecule has 0 N–H and O–H groups in total. The first kappa shape index (κ1) is 18.3. The molecule has 0 radical (unpaired) electrons. The van der Waals surface area contributed by atoms with Crippen molar-refractivity contribution < 1.29 is 8.42 Å². The molecule has 0 spiro atoms. The normalized spacial score (nSPS) is 20.1. The van der Waals surface area contributed by atoms with E-state index in [1.165, 1.54) is 15.1 Å². The number of rotatable bonds is 4. The van der Waals surface area contributed by atoms with Gasteiger partial charge < -0.3 is 0 Å². The fourth-order valence-electron chi connectivity index (χ4n) is 3.65. The summed E-state index contributed by atoms with van der Waals surface area (Å²) >= 11 is 0. The molecule has 27 heavy (non-hydrogen) atoms. The van der Waals surface area contributed by atoms with E-state index in [2.05, 4.69) is 5.10 Å². The van der Waals surface area contributed by atoms with Crippen molar-refractivity contribution in [3.8, 4) is 11.3 Å². The van der Waals surface area contributed by atoms with Crippen LogP contribution in [0.15, 0.2) is 47.3 Å². The summed E-state index contributed by atoms with van der Waals surface area (Å²) in [5.41, 5.74) is 1.44. The van der Waals surface area contributed by atoms with E-state index in [1.54, 1.807) is 10.4 Å². The zero-order valence-electron chi connectivity index (χ0n) is 15.2. The molecule has 2 aliphatic rings. The van der Waals surface area contributed by atoms with Gasteiger partial charge in [0.2, 0.25) is 0 Å². The van der Waals surface area contributed by atoms with Crippen molar-refractivity contribution in [2.45, 2.75) is 31.7 Å². The summed E-state index contributed by atoms with van der Waals surface area (Å²) < 4.78 is 30.1. The summed E-state index contributed by atoms with van der Waals surface area (Å²) in [7, 11) is -3.44. The Morgan fingerprint density at radius 2 is 1.52 bits per heavy atom. The highest BCUT2D eigenvalue weighted by Crippen LogP contribution is 2.27. The molecule has 7 nitrogen and oxygen atoms in total. The molecule has 0 amide bonds. The largest absolute Gasteiger partial charge is 0.282 e. The standard InChI is InChI=1S/C19H24N4O3S/c24-19-11-10-18(16-8-4-3-5-9-16)20-23(19)17-14-22(15-17)27(25,26)21-12-6-1-2-7-13-21/h3-5,8-11,17H,1-2,6-7,12-15H2. The Kier molecular flexibility index (Phi) is 5.12. The molecule has 2 aromatic rings. The van der Waals surface area contributed by atoms with Crippen LogP contribution in [-0.4, -0.2) is 53.0 Å². The molecule has 2 saturated heterocycles. The monoisotopic (exact) mass is 388 g/mol. The van der Waals surface area contributed by atoms with E-state index >= 15 is 0 Å². The van der Waals surface area contributed by atoms with Crippen LogP contribution in [0.3, 0.4) is 0 Å². The van der Waals surface area contributed by atoms with E-state index in [-0.39, 0.29) is 11.6 Å². The van der Waals surface area contributed by atoms with Gasteiger partial charge in [-0.3, -0.25) is 4.79 Å². The first-order valence-corrected chi connectivity index (χ1v) is 10.9. The predicted octanol–water partition coefficient (Wildman–Crippen LogP) is 1.89. The Morgan fingerprint density at radius 3 is 2.19 bits per heavy atom. The van der Waals surface area contributed by atoms with Gasteiger partial charge in [0, 0.05) is 37.8 Å². The molecule has 144 valence electrons. The minimum Gasteiger partial charge on any atom is -0.268 e. The molecule has 0 atom stereocenters. The van der Waals surface area contributed by atoms with Crippen LogP contribution in [0.4, 0.5) is 0 Å². The van der Waals surface area contributed by atoms with Gasteiger partial charge in [0.1, 0.15) is 0 Å². The van der Waals surface area contributed by atoms with E-state index in [1.807, 2.05) is 30.3 Å². The number of benzene rings is 1. The molecular weight excluding hydrogens is 364 g/mol. The maximum atomic E-state index is 12.8. The van der Waals surface area contributed by atoms with E-state index in [0.29, 0.717) is 31.9 Å². The zero-order chi connectivity index (χ0) is 18.9. The van der Waals surface area contributed by atoms with Crippen LogP contribution in [-0.2, 0) is 10.2 Å². The summed E-state index contributed by atoms with van der Waals surface area (Å²) in [6.07, 6.45) is 3.99. The van der Waals surface area contributed by atoms with Crippen LogP contribution in [0.25, 0.3) is 11.3 Å². The quantitative estimate of drug-likeness (QED) is 0.802. The molecule has 0 saturated carbocycles. The molecule has 1 aromatic heterocycles. The maximum Gasteiger partial charge on any atom is 0.282 e. The topological polar surface area (TPSA) is 75.5 Å². The van der Waals surface area contributed by atoms with Crippen LogP contribution >= 0.6 is 0 Å². The van der Waals surface area contributed by atoms with Crippen molar-refractivity contribution in [2.75, 3.05) is 26.2 Å². The SMILES string of the molecule is O=c1ccc(-c2ccccc2)nn1C1CN(S(=O)(=O)N2CCCCCC2)C1. The Balaban J connectivity index is 1.50. The lowest BCUT2D eigenvalue weighted by Crippen LogP contribution is -2.57. The Bertz CT molecular complexity index is 944. The summed E-state index contributed by atoms with van der Waals surface area (Å²) in [4.78, 5) is 12.3. The van der Waals surface area contributed by atoms with Crippen molar-refractivity contribution >= 4 is 10.2 Å². The third-order valence-electron chi connectivity index (χ3n) is 5.29. The molecule has 4 rings (SSSR count). The van der Waals surface area contributed by atoms with Crippen molar-refractivity contribution in [1.29, 1.82) is 0 Å². The number of aromatic nitrogens is 2. The fraction of sp³-hybridized carbons (Fsp3) is 0.474. The third kappa shape index (κ3) is 3.69. The first-order chi connectivity index (χ1) is 13.1. The van der Waals surface area contributed by atoms with Gasteiger partial charge in [-0.05, 0) is 18.9 Å². The highest BCUT2D eigenvalue weighted by Gasteiger charge is 2.41. The molecule has 0 aliphatic carbocycles. The summed E-state index contributed by atoms with van der Waals surface area (Å²) in [5.74, 6) is 0. The van der Waals surface area contributed by atoms with E-state index < -0.39 is 10.2 Å². The van der Waals surface area contributed by atoms with Crippen molar-refractivity contribution in [3.63, 3.8) is 0 Å². The van der Waals surface area contributed by atoms with Crippen molar-refractivity contribution in [2.24, 2.45) is 0 Å². The predicted molar refractivity (Wildman–Crippen MR) is 104 cm³/mol. The molecule has 8 heteroatoms. The highest BCUT2D eigenvalue weighted by atomic mass is 32.2. The summed E-state index contributed by atoms with van der Waals surface area (Å²) in [5, 5.41) is 4.48. The van der Waals surface area contributed by atoms with Crippen molar-refractivity contribution in [1.82, 2.24) is 18.4 Å². The molecule has 0 unspecified atom stereocenters. The Morgan fingerprint density at radius 1 is 0.852 bits per heavy atom. The average molecular weight is 388 g/mol. The average Bonchev–Trinajstić information content (AvgIpc) is 2.93. The lowest BCUT2D eigenvalue weighted by molar-refractivity contribution is 0.173. The Hall–Kier alpha value is -2.03. The van der Waals surface area contributed by atoms with Gasteiger partial charge in [0.15, 0.2) is 0 Å². The molecule has 2 aliphatic heterocycles. The minimum absolute atomic E-state index is 0.202. The third-order valence-corrected chi connectivity index (χ3v) is 7.26. The van der Waals surface area contributed by atoms with Gasteiger partial charge >= 0.3 is 0 Å². The van der Waals surface area contributed by atoms with Gasteiger partial charge in [-0.25, -0.2) is 4.68 Å². The summed E-state index contributed by atoms with van der Waals surface area (Å²) in [6.45, 7) is 1.77. The van der Waals surface area contributed by atoms with Crippen LogP contribution in [0.1, 0.15) is 31.7 Å². The number of nitrogens with zero attached hydrogens (tertiary/aromatic N) is 4. The maximum absolute atomic E-state index is 12.8. The number of hydrogen-bond acceptors (Lipinski definition) is 4. The van der Waals surface area contributed by atoms with Crippen molar-refractivity contribution in [3.05, 3.63) is 52.8 Å². The van der Waals surface area contributed by atoms with E-state index in [0.717, 1.165) is 31.2 Å². The van der Waals surface area contributed by atoms with Gasteiger partial charge in [-0.1, -0.05) is 43.2 Å². The van der Waals surface area contributed by atoms with Gasteiger partial charge in [0.05, 0.1) is 11.7 Å². The molecule has 3 heterocycles. The van der Waals surface area contributed by atoms with Crippen LogP contribution in [0, 0.1) is 0 Å². The van der Waals surface area contributed by atoms with Gasteiger partial charge in [-0.2, -0.15) is 22.1 Å². The second kappa shape index (κ2) is 7.53. The summed E-state index contributed by atoms with van der Waals surface area (Å²) in [6, 6.07) is 12.6. The van der Waals surface area contributed by atoms with Gasteiger partial charge in [-0.15, -0.1) is 0 Å². The molecule has 0 bridgehead atoms. The highest BCUT2D eigenvalue weighted by molar-refractivity contribution is 7.86. The second-order valence-electron chi connectivity index (χ2n) is 7.16. The number of hydrogen-bond donors (Lipinski definition) is 0.